The van der Waals surface area contributed by atoms with E-state index in [9.17, 15) is 9.18 Å². The van der Waals surface area contributed by atoms with E-state index in [1.54, 1.807) is 36.1 Å². The molecule has 136 valence electrons. The van der Waals surface area contributed by atoms with Crippen LogP contribution in [0.2, 0.25) is 0 Å². The first-order valence-corrected chi connectivity index (χ1v) is 8.86. The lowest BCUT2D eigenvalue weighted by molar-refractivity contribution is -0.117. The van der Waals surface area contributed by atoms with Gasteiger partial charge in [-0.1, -0.05) is 18.2 Å². The van der Waals surface area contributed by atoms with Gasteiger partial charge in [0.2, 0.25) is 5.95 Å². The van der Waals surface area contributed by atoms with Crippen LogP contribution in [-0.2, 0) is 4.79 Å². The smallest absolute Gasteiger partial charge is 0.226 e. The van der Waals surface area contributed by atoms with Crippen LogP contribution in [0.5, 0.6) is 0 Å². The minimum Gasteiger partial charge on any atom is -0.469 e. The fraction of sp³-hybridized carbons (Fsp3) is 0.250. The molecule has 2 atom stereocenters. The van der Waals surface area contributed by atoms with E-state index < -0.39 is 6.04 Å². The highest BCUT2D eigenvalue weighted by Gasteiger charge is 2.40. The number of ketones is 1. The molecule has 27 heavy (non-hydrogen) atoms. The minimum atomic E-state index is -0.622. The molecular formula is C20H17FN4O2. The van der Waals surface area contributed by atoms with Crippen molar-refractivity contribution >= 4 is 11.7 Å². The number of rotatable bonds is 2. The quantitative estimate of drug-likeness (QED) is 0.750. The number of halogens is 1. The van der Waals surface area contributed by atoms with Gasteiger partial charge in [0.15, 0.2) is 5.78 Å². The first-order chi connectivity index (χ1) is 13.1. The molecule has 2 aliphatic rings. The van der Waals surface area contributed by atoms with Crippen LogP contribution in [0.3, 0.4) is 0 Å². The lowest BCUT2D eigenvalue weighted by atomic mass is 9.79. The number of nitrogens with zero attached hydrogens (tertiary/aromatic N) is 3. The number of Topliss-reactive ketones (excluding diaryl/α,β-unsaturated/α-hetero) is 1. The number of anilines is 1. The van der Waals surface area contributed by atoms with Crippen molar-refractivity contribution in [3.8, 4) is 0 Å². The van der Waals surface area contributed by atoms with Crippen molar-refractivity contribution < 1.29 is 13.6 Å². The predicted octanol–water partition coefficient (Wildman–Crippen LogP) is 3.73. The van der Waals surface area contributed by atoms with Crippen molar-refractivity contribution in [3.05, 3.63) is 76.9 Å². The van der Waals surface area contributed by atoms with Crippen LogP contribution >= 0.6 is 0 Å². The van der Waals surface area contributed by atoms with Crippen molar-refractivity contribution in [2.45, 2.75) is 31.7 Å². The second kappa shape index (κ2) is 5.90. The summed E-state index contributed by atoms with van der Waals surface area (Å²) in [6.07, 6.45) is 2.54. The van der Waals surface area contributed by atoms with Crippen molar-refractivity contribution in [3.63, 3.8) is 0 Å². The molecule has 2 aromatic heterocycles. The zero-order valence-electron chi connectivity index (χ0n) is 14.6. The third-order valence-corrected chi connectivity index (χ3v) is 5.17. The van der Waals surface area contributed by atoms with Gasteiger partial charge in [-0.25, -0.2) is 9.07 Å². The Hall–Kier alpha value is -3.22. The zero-order valence-corrected chi connectivity index (χ0v) is 14.6. The van der Waals surface area contributed by atoms with E-state index in [0.29, 0.717) is 35.8 Å². The maximum Gasteiger partial charge on any atom is 0.226 e. The largest absolute Gasteiger partial charge is 0.469 e. The Balaban J connectivity index is 1.66. The van der Waals surface area contributed by atoms with Crippen LogP contribution in [0.15, 0.2) is 58.3 Å². The highest BCUT2D eigenvalue weighted by Crippen LogP contribution is 2.44. The molecule has 1 aliphatic carbocycles. The van der Waals surface area contributed by atoms with E-state index in [4.69, 9.17) is 4.42 Å². The maximum atomic E-state index is 14.6. The number of hydrogen-bond acceptors (Lipinski definition) is 5. The van der Waals surface area contributed by atoms with E-state index in [1.807, 2.05) is 12.1 Å². The lowest BCUT2D eigenvalue weighted by Crippen LogP contribution is -2.34. The van der Waals surface area contributed by atoms with Crippen molar-refractivity contribution in [1.29, 1.82) is 0 Å². The molecule has 1 aliphatic heterocycles. The monoisotopic (exact) mass is 364 g/mol. The molecule has 0 unspecified atom stereocenters. The Bertz CT molecular complexity index is 1070. The summed E-state index contributed by atoms with van der Waals surface area (Å²) in [7, 11) is 0. The molecule has 1 aromatic carbocycles. The zero-order chi connectivity index (χ0) is 18.5. The fourth-order valence-electron chi connectivity index (χ4n) is 4.03. The van der Waals surface area contributed by atoms with Gasteiger partial charge in [-0.2, -0.15) is 10.1 Å². The Kier molecular flexibility index (Phi) is 3.50. The second-order valence-corrected chi connectivity index (χ2v) is 6.91. The molecule has 0 spiro atoms. The summed E-state index contributed by atoms with van der Waals surface area (Å²) in [4.78, 5) is 17.5. The number of carbonyl (C=O) groups is 1. The van der Waals surface area contributed by atoms with Gasteiger partial charge in [-0.15, -0.1) is 0 Å². The Morgan fingerprint density at radius 3 is 2.85 bits per heavy atom. The summed E-state index contributed by atoms with van der Waals surface area (Å²) in [5.74, 6) is 1.42. The molecule has 0 saturated carbocycles. The minimum absolute atomic E-state index is 0.0304. The van der Waals surface area contributed by atoms with Crippen molar-refractivity contribution in [2.24, 2.45) is 0 Å². The van der Waals surface area contributed by atoms with Crippen molar-refractivity contribution in [2.75, 3.05) is 5.32 Å². The summed E-state index contributed by atoms with van der Waals surface area (Å²) >= 11 is 0. The van der Waals surface area contributed by atoms with Gasteiger partial charge in [0, 0.05) is 29.2 Å². The molecular weight excluding hydrogens is 347 g/mol. The molecule has 0 amide bonds. The van der Waals surface area contributed by atoms with Gasteiger partial charge in [-0.05, 0) is 31.5 Å². The number of aromatic nitrogens is 3. The number of allylic oxidation sites excluding steroid dienone is 2. The SMILES string of the molecule is Cc1nc2n(n1)[C@@H](c1ccccc1F)C1=C(C[C@@H](c3ccco3)CC1=O)N2. The molecule has 3 heterocycles. The Labute approximate surface area is 154 Å². The number of furan rings is 1. The number of benzene rings is 1. The van der Waals surface area contributed by atoms with Gasteiger partial charge < -0.3 is 9.73 Å². The highest BCUT2D eigenvalue weighted by molar-refractivity contribution is 6.00. The van der Waals surface area contributed by atoms with Crippen LogP contribution in [0.4, 0.5) is 10.3 Å². The number of hydrogen-bond donors (Lipinski definition) is 1. The van der Waals surface area contributed by atoms with Crippen LogP contribution in [-0.4, -0.2) is 20.5 Å². The number of carbonyl (C=O) groups excluding carboxylic acids is 1. The van der Waals surface area contributed by atoms with E-state index >= 15 is 0 Å². The molecule has 0 radical (unpaired) electrons. The van der Waals surface area contributed by atoms with Gasteiger partial charge in [0.25, 0.3) is 0 Å². The Morgan fingerprint density at radius 1 is 1.22 bits per heavy atom. The molecule has 1 N–H and O–H groups in total. The second-order valence-electron chi connectivity index (χ2n) is 6.91. The first kappa shape index (κ1) is 16.0. The van der Waals surface area contributed by atoms with E-state index in [1.165, 1.54) is 6.07 Å². The van der Waals surface area contributed by atoms with E-state index in [2.05, 4.69) is 15.4 Å². The van der Waals surface area contributed by atoms with E-state index in [0.717, 1.165) is 11.5 Å². The fourth-order valence-corrected chi connectivity index (χ4v) is 4.03. The third-order valence-electron chi connectivity index (χ3n) is 5.17. The molecule has 3 aromatic rings. The van der Waals surface area contributed by atoms with E-state index in [-0.39, 0.29) is 17.5 Å². The van der Waals surface area contributed by atoms with Crippen LogP contribution in [0, 0.1) is 12.7 Å². The average molecular weight is 364 g/mol. The summed E-state index contributed by atoms with van der Waals surface area (Å²) in [5, 5.41) is 7.66. The summed E-state index contributed by atoms with van der Waals surface area (Å²) < 4.78 is 21.7. The molecule has 0 bridgehead atoms. The molecule has 5 rings (SSSR count). The van der Waals surface area contributed by atoms with Crippen LogP contribution in [0.25, 0.3) is 0 Å². The van der Waals surface area contributed by atoms with Gasteiger partial charge in [-0.3, -0.25) is 4.79 Å². The van der Waals surface area contributed by atoms with Crippen molar-refractivity contribution in [1.82, 2.24) is 14.8 Å². The number of aryl methyl sites for hydroxylation is 1. The average Bonchev–Trinajstić information content (AvgIpc) is 3.29. The first-order valence-electron chi connectivity index (χ1n) is 8.86. The van der Waals surface area contributed by atoms with Gasteiger partial charge >= 0.3 is 0 Å². The summed E-state index contributed by atoms with van der Waals surface area (Å²) in [5.41, 5.74) is 1.74. The Morgan fingerprint density at radius 2 is 2.07 bits per heavy atom. The molecule has 7 heteroatoms. The topological polar surface area (TPSA) is 73.0 Å². The predicted molar refractivity (Wildman–Crippen MR) is 95.6 cm³/mol. The van der Waals surface area contributed by atoms with Gasteiger partial charge in [0.1, 0.15) is 23.4 Å². The number of nitrogens with one attached hydrogen (secondary N) is 1. The normalized spacial score (nSPS) is 21.6. The molecule has 0 saturated heterocycles. The molecule has 0 fully saturated rings. The lowest BCUT2D eigenvalue weighted by Gasteiger charge is -2.34. The maximum absolute atomic E-state index is 14.6. The van der Waals surface area contributed by atoms with Crippen LogP contribution in [0.1, 0.15) is 41.9 Å². The summed E-state index contributed by atoms with van der Waals surface area (Å²) in [6, 6.07) is 9.58. The number of fused-ring (bicyclic) bond motifs is 1. The van der Waals surface area contributed by atoms with Crippen LogP contribution < -0.4 is 5.32 Å². The summed E-state index contributed by atoms with van der Waals surface area (Å²) in [6.45, 7) is 1.78. The highest BCUT2D eigenvalue weighted by atomic mass is 19.1. The molecule has 6 nitrogen and oxygen atoms in total. The van der Waals surface area contributed by atoms with Gasteiger partial charge in [0.05, 0.1) is 6.26 Å². The standard InChI is InChI=1S/C20H17FN4O2/c1-11-22-20-23-15-9-12(17-7-4-8-27-17)10-16(26)18(15)19(25(20)24-11)13-5-2-3-6-14(13)21/h2-8,12,19H,9-10H2,1H3,(H,22,23,24)/t12-,19+/m1/s1. The third kappa shape index (κ3) is 2.50.